The number of aromatic nitrogens is 2. The first-order chi connectivity index (χ1) is 25.2. The third kappa shape index (κ3) is 4.14. The van der Waals surface area contributed by atoms with Crippen molar-refractivity contribution in [3.8, 4) is 33.6 Å². The lowest BCUT2D eigenvalue weighted by atomic mass is 9.66. The normalized spacial score (nSPS) is 13.1. The van der Waals surface area contributed by atoms with E-state index < -0.39 is 5.41 Å². The highest BCUT2D eigenvalue weighted by atomic mass is 15.1. The molecule has 7 aromatic carbocycles. The summed E-state index contributed by atoms with van der Waals surface area (Å²) in [6, 6.07) is 60.9. The molecule has 0 fully saturated rings. The Morgan fingerprint density at radius 3 is 1.06 bits per heavy atom. The fourth-order valence-electron chi connectivity index (χ4n) is 8.60. The van der Waals surface area contributed by atoms with Crippen molar-refractivity contribution < 1.29 is 0 Å². The van der Waals surface area contributed by atoms with Crippen LogP contribution in [0.5, 0.6) is 0 Å². The van der Waals surface area contributed by atoms with Gasteiger partial charge in [-0.1, -0.05) is 133 Å². The SMILES string of the molecule is CN(c1ccccc1)c1ccc(N(C)c2ccccc2)c2nc3c(nc12)-c1ccccc1C1(c2ccccc2-c2ccccc21)c1ccccc1-3. The Morgan fingerprint density at radius 2 is 0.667 bits per heavy atom. The van der Waals surface area contributed by atoms with Crippen LogP contribution in [0.4, 0.5) is 22.7 Å². The Hall–Kier alpha value is -6.52. The van der Waals surface area contributed by atoms with E-state index in [0.29, 0.717) is 0 Å². The monoisotopic (exact) mass is 654 g/mol. The molecule has 2 aliphatic carbocycles. The van der Waals surface area contributed by atoms with Crippen LogP contribution in [0.25, 0.3) is 44.7 Å². The maximum atomic E-state index is 5.73. The summed E-state index contributed by atoms with van der Waals surface area (Å²) in [6.07, 6.45) is 0. The lowest BCUT2D eigenvalue weighted by Crippen LogP contribution is -2.29. The van der Waals surface area contributed by atoms with Crippen molar-refractivity contribution in [1.82, 2.24) is 9.97 Å². The van der Waals surface area contributed by atoms with E-state index in [1.807, 2.05) is 0 Å². The largest absolute Gasteiger partial charge is 0.343 e. The van der Waals surface area contributed by atoms with Crippen LogP contribution in [0.1, 0.15) is 22.3 Å². The first kappa shape index (κ1) is 29.4. The smallest absolute Gasteiger partial charge is 0.115 e. The summed E-state index contributed by atoms with van der Waals surface area (Å²) in [6.45, 7) is 0. The quantitative estimate of drug-likeness (QED) is 0.189. The molecule has 242 valence electrons. The predicted octanol–water partition coefficient (Wildman–Crippen LogP) is 11.2. The molecule has 2 aliphatic rings. The molecule has 0 saturated carbocycles. The van der Waals surface area contributed by atoms with Gasteiger partial charge in [-0.25, -0.2) is 9.97 Å². The molecule has 51 heavy (non-hydrogen) atoms. The van der Waals surface area contributed by atoms with E-state index >= 15 is 0 Å². The van der Waals surface area contributed by atoms with E-state index in [-0.39, 0.29) is 0 Å². The zero-order chi connectivity index (χ0) is 34.1. The molecule has 4 nitrogen and oxygen atoms in total. The van der Waals surface area contributed by atoms with Crippen LogP contribution < -0.4 is 9.80 Å². The fraction of sp³-hybridized carbons (Fsp3) is 0.0638. The van der Waals surface area contributed by atoms with Crippen LogP contribution in [-0.4, -0.2) is 24.1 Å². The van der Waals surface area contributed by atoms with Crippen molar-refractivity contribution in [2.75, 3.05) is 23.9 Å². The summed E-state index contributed by atoms with van der Waals surface area (Å²) < 4.78 is 0. The van der Waals surface area contributed by atoms with Crippen molar-refractivity contribution in [2.24, 2.45) is 0 Å². The minimum atomic E-state index is -0.553. The van der Waals surface area contributed by atoms with Crippen LogP contribution in [0, 0.1) is 0 Å². The van der Waals surface area contributed by atoms with Gasteiger partial charge in [-0.15, -0.1) is 0 Å². The molecule has 8 aromatic rings. The number of rotatable bonds is 4. The molecular weight excluding hydrogens is 621 g/mol. The molecule has 1 aromatic heterocycles. The van der Waals surface area contributed by atoms with Gasteiger partial charge in [0.15, 0.2) is 0 Å². The van der Waals surface area contributed by atoms with E-state index in [1.165, 1.54) is 33.4 Å². The standard InChI is InChI=1S/C47H34N4/c1-50(31-17-5-3-6-18-31)41-29-30-42(51(2)32-19-7-4-8-20-32)46-45(41)48-43-35-23-11-15-27-39(35)47(40-28-16-12-24-36(40)44(43)49-46)37-25-13-9-21-33(37)34-22-10-14-26-38(34)47/h3-30H,1-2H3. The molecule has 0 atom stereocenters. The summed E-state index contributed by atoms with van der Waals surface area (Å²) in [5, 5.41) is 0. The van der Waals surface area contributed by atoms with E-state index in [2.05, 4.69) is 194 Å². The predicted molar refractivity (Wildman–Crippen MR) is 210 cm³/mol. The number of anilines is 4. The van der Waals surface area contributed by atoms with Gasteiger partial charge in [-0.05, 0) is 69.8 Å². The zero-order valence-corrected chi connectivity index (χ0v) is 28.5. The average Bonchev–Trinajstić information content (AvgIpc) is 3.45. The first-order valence-corrected chi connectivity index (χ1v) is 17.5. The molecule has 0 amide bonds. The van der Waals surface area contributed by atoms with Gasteiger partial charge in [-0.3, -0.25) is 0 Å². The topological polar surface area (TPSA) is 32.3 Å². The molecular formula is C47H34N4. The molecule has 4 heteroatoms. The minimum Gasteiger partial charge on any atom is -0.343 e. The van der Waals surface area contributed by atoms with Crippen molar-refractivity contribution in [2.45, 2.75) is 5.41 Å². The lowest BCUT2D eigenvalue weighted by Gasteiger charge is -2.35. The van der Waals surface area contributed by atoms with Gasteiger partial charge in [-0.2, -0.15) is 0 Å². The van der Waals surface area contributed by atoms with Gasteiger partial charge >= 0.3 is 0 Å². The van der Waals surface area contributed by atoms with Crippen molar-refractivity contribution >= 4 is 33.8 Å². The second kappa shape index (κ2) is 11.3. The highest BCUT2D eigenvalue weighted by molar-refractivity contribution is 6.04. The van der Waals surface area contributed by atoms with Crippen molar-refractivity contribution in [3.05, 3.63) is 192 Å². The van der Waals surface area contributed by atoms with Crippen LogP contribution in [0.2, 0.25) is 0 Å². The van der Waals surface area contributed by atoms with E-state index in [9.17, 15) is 0 Å². The molecule has 0 aliphatic heterocycles. The van der Waals surface area contributed by atoms with Gasteiger partial charge in [0.1, 0.15) is 11.0 Å². The van der Waals surface area contributed by atoms with Gasteiger partial charge in [0.2, 0.25) is 0 Å². The molecule has 0 N–H and O–H groups in total. The van der Waals surface area contributed by atoms with Crippen molar-refractivity contribution in [1.29, 1.82) is 0 Å². The first-order valence-electron chi connectivity index (χ1n) is 17.5. The van der Waals surface area contributed by atoms with Gasteiger partial charge in [0.05, 0.1) is 28.2 Å². The van der Waals surface area contributed by atoms with Crippen LogP contribution in [-0.2, 0) is 5.41 Å². The van der Waals surface area contributed by atoms with Crippen LogP contribution in [0.15, 0.2) is 170 Å². The Kier molecular flexibility index (Phi) is 6.49. The minimum absolute atomic E-state index is 0.553. The maximum absolute atomic E-state index is 5.73. The highest BCUT2D eigenvalue weighted by Gasteiger charge is 2.50. The molecule has 1 spiro atoms. The third-order valence-electron chi connectivity index (χ3n) is 10.9. The average molecular weight is 655 g/mol. The molecule has 1 heterocycles. The second-order valence-corrected chi connectivity index (χ2v) is 13.4. The summed E-state index contributed by atoms with van der Waals surface area (Å²) >= 11 is 0. The number of hydrogen-bond acceptors (Lipinski definition) is 4. The number of fused-ring (bicyclic) bond motifs is 13. The van der Waals surface area contributed by atoms with Gasteiger partial charge in [0, 0.05) is 36.6 Å². The second-order valence-electron chi connectivity index (χ2n) is 13.4. The number of benzene rings is 7. The molecule has 0 saturated heterocycles. The van der Waals surface area contributed by atoms with Gasteiger partial charge < -0.3 is 9.80 Å². The summed E-state index contributed by atoms with van der Waals surface area (Å²) in [4.78, 5) is 15.9. The maximum Gasteiger partial charge on any atom is 0.115 e. The Balaban J connectivity index is 1.34. The Morgan fingerprint density at radius 1 is 0.353 bits per heavy atom. The molecule has 0 unspecified atom stereocenters. The molecule has 0 radical (unpaired) electrons. The van der Waals surface area contributed by atoms with Gasteiger partial charge in [0.25, 0.3) is 0 Å². The summed E-state index contributed by atoms with van der Waals surface area (Å²) in [5.74, 6) is 0. The fourth-order valence-corrected chi connectivity index (χ4v) is 8.60. The van der Waals surface area contributed by atoms with E-state index in [0.717, 1.165) is 56.3 Å². The van der Waals surface area contributed by atoms with E-state index in [4.69, 9.17) is 9.97 Å². The van der Waals surface area contributed by atoms with Crippen LogP contribution >= 0.6 is 0 Å². The zero-order valence-electron chi connectivity index (χ0n) is 28.5. The van der Waals surface area contributed by atoms with Crippen LogP contribution in [0.3, 0.4) is 0 Å². The summed E-state index contributed by atoms with van der Waals surface area (Å²) in [5.41, 5.74) is 16.9. The highest BCUT2D eigenvalue weighted by Crippen LogP contribution is 2.61. The molecule has 0 bridgehead atoms. The third-order valence-corrected chi connectivity index (χ3v) is 10.9. The summed E-state index contributed by atoms with van der Waals surface area (Å²) in [7, 11) is 4.23. The Labute approximate surface area is 297 Å². The number of para-hydroxylation sites is 2. The van der Waals surface area contributed by atoms with E-state index in [1.54, 1.807) is 0 Å². The molecule has 10 rings (SSSR count). The number of hydrogen-bond donors (Lipinski definition) is 0. The Bertz CT molecular complexity index is 2450. The lowest BCUT2D eigenvalue weighted by molar-refractivity contribution is 0.775. The number of nitrogens with zero attached hydrogens (tertiary/aromatic N) is 4. The van der Waals surface area contributed by atoms with Crippen molar-refractivity contribution in [3.63, 3.8) is 0 Å².